The Morgan fingerprint density at radius 3 is 2.52 bits per heavy atom. The zero-order chi connectivity index (χ0) is 23.4. The molecule has 0 saturated carbocycles. The van der Waals surface area contributed by atoms with Gasteiger partial charge in [-0.3, -0.25) is 29.6 Å². The van der Waals surface area contributed by atoms with Gasteiger partial charge in [0, 0.05) is 29.3 Å². The minimum Gasteiger partial charge on any atom is -0.494 e. The predicted molar refractivity (Wildman–Crippen MR) is 128 cm³/mol. The summed E-state index contributed by atoms with van der Waals surface area (Å²) in [5.41, 5.74) is 4.75. The molecule has 170 valence electrons. The number of amidine groups is 1. The van der Waals surface area contributed by atoms with Gasteiger partial charge >= 0.3 is 0 Å². The van der Waals surface area contributed by atoms with Gasteiger partial charge in [0.25, 0.3) is 5.91 Å². The number of hydrogen-bond acceptors (Lipinski definition) is 8. The molecule has 2 heterocycles. The number of hydrazone groups is 1. The summed E-state index contributed by atoms with van der Waals surface area (Å²) < 4.78 is 5.45. The number of ether oxygens (including phenoxy) is 1. The van der Waals surface area contributed by atoms with Crippen LogP contribution in [0.25, 0.3) is 0 Å². The van der Waals surface area contributed by atoms with Crippen LogP contribution >= 0.6 is 11.8 Å². The molecule has 0 aliphatic carbocycles. The molecule has 2 aromatic rings. The van der Waals surface area contributed by atoms with Gasteiger partial charge in [-0.25, -0.2) is 0 Å². The van der Waals surface area contributed by atoms with Crippen LogP contribution in [0.3, 0.4) is 0 Å². The van der Waals surface area contributed by atoms with Gasteiger partial charge in [0.15, 0.2) is 11.0 Å². The first kappa shape index (κ1) is 22.4. The Balaban J connectivity index is 1.34. The SMILES string of the molecule is CCOc1ccc(N2C=CN3C(SCC(=O)Nc4ccc(C(C)=O)cc4)=NNC3C2=O)cc1. The van der Waals surface area contributed by atoms with Crippen LogP contribution in [0.15, 0.2) is 66.0 Å². The summed E-state index contributed by atoms with van der Waals surface area (Å²) >= 11 is 1.22. The van der Waals surface area contributed by atoms with E-state index in [1.54, 1.807) is 46.5 Å². The van der Waals surface area contributed by atoms with E-state index in [0.29, 0.717) is 23.0 Å². The fraction of sp³-hybridized carbons (Fsp3) is 0.217. The molecule has 33 heavy (non-hydrogen) atoms. The lowest BCUT2D eigenvalue weighted by Crippen LogP contribution is -2.52. The normalized spacial score (nSPS) is 16.7. The number of amides is 2. The van der Waals surface area contributed by atoms with Crippen molar-refractivity contribution < 1.29 is 19.1 Å². The maximum Gasteiger partial charge on any atom is 0.276 e. The van der Waals surface area contributed by atoms with E-state index in [0.717, 1.165) is 11.4 Å². The van der Waals surface area contributed by atoms with Crippen LogP contribution in [0, 0.1) is 0 Å². The molecule has 0 fully saturated rings. The molecule has 10 heteroatoms. The van der Waals surface area contributed by atoms with E-state index in [1.165, 1.54) is 18.7 Å². The number of rotatable bonds is 7. The minimum absolute atomic E-state index is 0.0324. The quantitative estimate of drug-likeness (QED) is 0.606. The Labute approximate surface area is 195 Å². The number of thioether (sulfide) groups is 1. The van der Waals surface area contributed by atoms with Crippen LogP contribution in [-0.2, 0) is 9.59 Å². The Hall–Kier alpha value is -3.79. The summed E-state index contributed by atoms with van der Waals surface area (Å²) in [5, 5.41) is 7.54. The van der Waals surface area contributed by atoms with Crippen molar-refractivity contribution in [2.45, 2.75) is 20.0 Å². The molecular formula is C23H23N5O4S. The van der Waals surface area contributed by atoms with Gasteiger partial charge < -0.3 is 10.1 Å². The highest BCUT2D eigenvalue weighted by atomic mass is 32.2. The lowest BCUT2D eigenvalue weighted by molar-refractivity contribution is -0.122. The molecule has 9 nitrogen and oxygen atoms in total. The first-order chi connectivity index (χ1) is 16.0. The van der Waals surface area contributed by atoms with Gasteiger partial charge in [0.2, 0.25) is 12.1 Å². The zero-order valence-electron chi connectivity index (χ0n) is 18.1. The Bertz CT molecular complexity index is 1110. The van der Waals surface area contributed by atoms with Crippen LogP contribution in [0.2, 0.25) is 0 Å². The van der Waals surface area contributed by atoms with Gasteiger partial charge in [-0.2, -0.15) is 5.10 Å². The molecule has 0 bridgehead atoms. The van der Waals surface area contributed by atoms with E-state index >= 15 is 0 Å². The summed E-state index contributed by atoms with van der Waals surface area (Å²) in [6.45, 7) is 3.98. The van der Waals surface area contributed by atoms with E-state index in [-0.39, 0.29) is 23.4 Å². The molecule has 4 rings (SSSR count). The lowest BCUT2D eigenvalue weighted by Gasteiger charge is -2.31. The Morgan fingerprint density at radius 1 is 1.12 bits per heavy atom. The number of nitrogens with zero attached hydrogens (tertiary/aromatic N) is 3. The number of fused-ring (bicyclic) bond motifs is 1. The number of Topliss-reactive ketones (excluding diaryl/α,β-unsaturated/α-hetero) is 1. The molecule has 2 amide bonds. The van der Waals surface area contributed by atoms with Gasteiger partial charge in [-0.05, 0) is 62.4 Å². The molecule has 2 aliphatic rings. The number of nitrogens with one attached hydrogen (secondary N) is 2. The third-order valence-corrected chi connectivity index (χ3v) is 5.93. The second kappa shape index (κ2) is 9.78. The van der Waals surface area contributed by atoms with E-state index in [1.807, 2.05) is 31.2 Å². The number of hydrogen-bond donors (Lipinski definition) is 2. The number of anilines is 2. The maximum atomic E-state index is 13.0. The zero-order valence-corrected chi connectivity index (χ0v) is 19.0. The summed E-state index contributed by atoms with van der Waals surface area (Å²) in [5.74, 6) is 0.421. The summed E-state index contributed by atoms with van der Waals surface area (Å²) in [6.07, 6.45) is 2.76. The first-order valence-corrected chi connectivity index (χ1v) is 11.3. The third kappa shape index (κ3) is 5.01. The standard InChI is InChI=1S/C23H23N5O4S/c1-3-32-19-10-8-18(9-11-19)27-12-13-28-21(22(27)31)25-26-23(28)33-14-20(30)24-17-6-4-16(5-7-17)15(2)29/h4-13,21,25H,3,14H2,1-2H3,(H,24,30). The summed E-state index contributed by atoms with van der Waals surface area (Å²) in [6, 6.07) is 14.0. The minimum atomic E-state index is -0.675. The van der Waals surface area contributed by atoms with Crippen molar-refractivity contribution in [2.24, 2.45) is 5.10 Å². The maximum absolute atomic E-state index is 13.0. The van der Waals surface area contributed by atoms with Crippen molar-refractivity contribution in [3.05, 3.63) is 66.5 Å². The highest BCUT2D eigenvalue weighted by Crippen LogP contribution is 2.27. The highest BCUT2D eigenvalue weighted by molar-refractivity contribution is 8.14. The largest absolute Gasteiger partial charge is 0.494 e. The van der Waals surface area contributed by atoms with Crippen LogP contribution in [-0.4, -0.2) is 46.2 Å². The van der Waals surface area contributed by atoms with Crippen molar-refractivity contribution in [1.29, 1.82) is 0 Å². The van der Waals surface area contributed by atoms with Crippen molar-refractivity contribution in [1.82, 2.24) is 10.3 Å². The fourth-order valence-corrected chi connectivity index (χ4v) is 4.08. The summed E-state index contributed by atoms with van der Waals surface area (Å²) in [7, 11) is 0. The smallest absolute Gasteiger partial charge is 0.276 e. The topological polar surface area (TPSA) is 103 Å². The molecule has 0 spiro atoms. The van der Waals surface area contributed by atoms with Gasteiger partial charge in [-0.1, -0.05) is 11.8 Å². The molecule has 2 aromatic carbocycles. The monoisotopic (exact) mass is 465 g/mol. The highest BCUT2D eigenvalue weighted by Gasteiger charge is 2.38. The van der Waals surface area contributed by atoms with Crippen molar-refractivity contribution in [3.63, 3.8) is 0 Å². The molecule has 2 aliphatic heterocycles. The lowest BCUT2D eigenvalue weighted by atomic mass is 10.1. The Morgan fingerprint density at radius 2 is 1.85 bits per heavy atom. The second-order valence-corrected chi connectivity index (χ2v) is 8.18. The fourth-order valence-electron chi connectivity index (χ4n) is 3.32. The summed E-state index contributed by atoms with van der Waals surface area (Å²) in [4.78, 5) is 39.9. The molecule has 0 aromatic heterocycles. The predicted octanol–water partition coefficient (Wildman–Crippen LogP) is 2.98. The van der Waals surface area contributed by atoms with Crippen LogP contribution in [0.1, 0.15) is 24.2 Å². The van der Waals surface area contributed by atoms with E-state index < -0.39 is 6.17 Å². The van der Waals surface area contributed by atoms with E-state index in [2.05, 4.69) is 15.8 Å². The first-order valence-electron chi connectivity index (χ1n) is 10.4. The van der Waals surface area contributed by atoms with Gasteiger partial charge in [0.1, 0.15) is 5.75 Å². The van der Waals surface area contributed by atoms with Crippen LogP contribution < -0.4 is 20.4 Å². The van der Waals surface area contributed by atoms with Gasteiger partial charge in [0.05, 0.1) is 12.4 Å². The molecular weight excluding hydrogens is 442 g/mol. The van der Waals surface area contributed by atoms with E-state index in [9.17, 15) is 14.4 Å². The number of carbonyl (C=O) groups is 3. The van der Waals surface area contributed by atoms with Crippen molar-refractivity contribution in [2.75, 3.05) is 22.6 Å². The molecule has 1 atom stereocenters. The molecule has 0 saturated heterocycles. The molecule has 0 radical (unpaired) electrons. The van der Waals surface area contributed by atoms with Crippen LogP contribution in [0.5, 0.6) is 5.75 Å². The Kier molecular flexibility index (Phi) is 6.64. The second-order valence-electron chi connectivity index (χ2n) is 7.24. The third-order valence-electron chi connectivity index (χ3n) is 4.96. The molecule has 1 unspecified atom stereocenters. The van der Waals surface area contributed by atoms with Gasteiger partial charge in [-0.15, -0.1) is 0 Å². The average molecular weight is 466 g/mol. The number of ketones is 1. The van der Waals surface area contributed by atoms with Crippen molar-refractivity contribution in [3.8, 4) is 5.75 Å². The number of benzene rings is 2. The molecule has 2 N–H and O–H groups in total. The van der Waals surface area contributed by atoms with E-state index in [4.69, 9.17) is 4.74 Å². The van der Waals surface area contributed by atoms with Crippen LogP contribution in [0.4, 0.5) is 11.4 Å². The average Bonchev–Trinajstić information content (AvgIpc) is 3.23. The number of carbonyl (C=O) groups excluding carboxylic acids is 3. The van der Waals surface area contributed by atoms with Crippen molar-refractivity contribution >= 4 is 45.9 Å².